The van der Waals surface area contributed by atoms with Crippen LogP contribution >= 0.6 is 11.6 Å². The number of rotatable bonds is 7. The van der Waals surface area contributed by atoms with Gasteiger partial charge in [-0.05, 0) is 48.6 Å². The first-order chi connectivity index (χ1) is 15.0. The summed E-state index contributed by atoms with van der Waals surface area (Å²) in [6.07, 6.45) is 1.67. The van der Waals surface area contributed by atoms with Gasteiger partial charge < -0.3 is 14.7 Å². The molecule has 0 saturated heterocycles. The molecule has 0 aliphatic carbocycles. The van der Waals surface area contributed by atoms with Gasteiger partial charge in [0.05, 0.1) is 6.04 Å². The van der Waals surface area contributed by atoms with E-state index in [0.717, 1.165) is 29.5 Å². The molecule has 0 spiro atoms. The van der Waals surface area contributed by atoms with Crippen LogP contribution in [-0.2, 0) is 11.2 Å². The van der Waals surface area contributed by atoms with E-state index in [0.29, 0.717) is 35.1 Å². The number of aromatic hydroxyl groups is 1. The minimum absolute atomic E-state index is 0.0848. The number of methoxy groups -OCH3 is 1. The molecule has 1 unspecified atom stereocenters. The first kappa shape index (κ1) is 21.4. The molecule has 0 radical (unpaired) electrons. The van der Waals surface area contributed by atoms with Gasteiger partial charge in [0.2, 0.25) is 0 Å². The number of fused-ring (bicyclic) bond motifs is 1. The number of nitrogens with one attached hydrogen (secondary N) is 1. The third-order valence-electron chi connectivity index (χ3n) is 5.85. The molecule has 1 atom stereocenters. The predicted molar refractivity (Wildman–Crippen MR) is 121 cm³/mol. The van der Waals surface area contributed by atoms with Crippen molar-refractivity contribution in [3.05, 3.63) is 69.4 Å². The molecule has 162 valence electrons. The molecule has 2 N–H and O–H groups in total. The van der Waals surface area contributed by atoms with Crippen LogP contribution in [0.2, 0.25) is 5.02 Å². The second-order valence-electron chi connectivity index (χ2n) is 7.82. The smallest absolute Gasteiger partial charge is 0.273 e. The second kappa shape index (κ2) is 8.73. The van der Waals surface area contributed by atoms with E-state index in [-0.39, 0.29) is 17.7 Å². The third kappa shape index (κ3) is 3.82. The average molecular weight is 440 g/mol. The summed E-state index contributed by atoms with van der Waals surface area (Å²) in [4.78, 5) is 15.1. The van der Waals surface area contributed by atoms with Crippen molar-refractivity contribution in [2.45, 2.75) is 32.7 Å². The molecule has 2 heterocycles. The quantitative estimate of drug-likeness (QED) is 0.514. The van der Waals surface area contributed by atoms with Crippen molar-refractivity contribution < 1.29 is 14.6 Å². The van der Waals surface area contributed by atoms with Crippen LogP contribution in [0.25, 0.3) is 11.3 Å². The van der Waals surface area contributed by atoms with Crippen molar-refractivity contribution in [3.8, 4) is 17.0 Å². The highest BCUT2D eigenvalue weighted by molar-refractivity contribution is 6.31. The number of aryl methyl sites for hydroxylation is 2. The number of hydrogen-bond acceptors (Lipinski definition) is 4. The second-order valence-corrected chi connectivity index (χ2v) is 8.23. The summed E-state index contributed by atoms with van der Waals surface area (Å²) in [6.45, 7) is 5.06. The lowest BCUT2D eigenvalue weighted by molar-refractivity contribution is 0.0723. The number of carbonyl (C=O) groups is 1. The average Bonchev–Trinajstić information content (AvgIpc) is 3.30. The van der Waals surface area contributed by atoms with E-state index in [9.17, 15) is 9.90 Å². The molecule has 7 heteroatoms. The predicted octanol–water partition coefficient (Wildman–Crippen LogP) is 4.89. The van der Waals surface area contributed by atoms with Crippen LogP contribution in [0.1, 0.15) is 52.1 Å². The monoisotopic (exact) mass is 439 g/mol. The Bertz CT molecular complexity index is 1110. The number of H-pyrrole nitrogens is 1. The van der Waals surface area contributed by atoms with E-state index in [1.54, 1.807) is 19.2 Å². The molecule has 1 aliphatic rings. The van der Waals surface area contributed by atoms with Gasteiger partial charge in [-0.15, -0.1) is 0 Å². The molecule has 2 aromatic carbocycles. The molecule has 31 heavy (non-hydrogen) atoms. The number of hydrogen-bond donors (Lipinski definition) is 2. The number of ether oxygens (including phenoxy) is 1. The topological polar surface area (TPSA) is 78.5 Å². The highest BCUT2D eigenvalue weighted by atomic mass is 35.5. The number of aromatic nitrogens is 2. The summed E-state index contributed by atoms with van der Waals surface area (Å²) < 4.78 is 5.19. The van der Waals surface area contributed by atoms with Gasteiger partial charge in [-0.1, -0.05) is 42.8 Å². The minimum atomic E-state index is -0.307. The number of nitrogens with zero attached hydrogens (tertiary/aromatic N) is 2. The fourth-order valence-corrected chi connectivity index (χ4v) is 4.31. The lowest BCUT2D eigenvalue weighted by Gasteiger charge is -2.26. The van der Waals surface area contributed by atoms with Gasteiger partial charge in [0.25, 0.3) is 5.91 Å². The summed E-state index contributed by atoms with van der Waals surface area (Å²) in [7, 11) is 1.65. The molecule has 1 aliphatic heterocycles. The molecule has 1 aromatic heterocycles. The van der Waals surface area contributed by atoms with Gasteiger partial charge in [0.15, 0.2) is 0 Å². The zero-order chi connectivity index (χ0) is 22.1. The normalized spacial score (nSPS) is 15.5. The highest BCUT2D eigenvalue weighted by Gasteiger charge is 2.42. The number of phenolic OH excluding ortho intramolecular Hbond substituents is 1. The number of amides is 1. The molecule has 3 aromatic rings. The van der Waals surface area contributed by atoms with E-state index in [2.05, 4.69) is 41.4 Å². The Hall–Kier alpha value is -2.83. The van der Waals surface area contributed by atoms with Gasteiger partial charge >= 0.3 is 0 Å². The first-order valence-electron chi connectivity index (χ1n) is 10.4. The van der Waals surface area contributed by atoms with Crippen LogP contribution in [0, 0.1) is 6.92 Å². The SMILES string of the molecule is CCc1ccc(C2c3c(-c4cc(Cl)c(C)cc4O)n[nH]c3C(=O)N2CCCOC)cc1. The highest BCUT2D eigenvalue weighted by Crippen LogP contribution is 2.45. The fraction of sp³-hybridized carbons (Fsp3) is 0.333. The summed E-state index contributed by atoms with van der Waals surface area (Å²) in [5.41, 5.74) is 5.28. The van der Waals surface area contributed by atoms with E-state index in [4.69, 9.17) is 16.3 Å². The van der Waals surface area contributed by atoms with Crippen molar-refractivity contribution in [2.24, 2.45) is 0 Å². The summed E-state index contributed by atoms with van der Waals surface area (Å²) in [6, 6.07) is 11.3. The summed E-state index contributed by atoms with van der Waals surface area (Å²) >= 11 is 6.34. The molecule has 4 rings (SSSR count). The molecule has 0 bridgehead atoms. The molecule has 6 nitrogen and oxygen atoms in total. The lowest BCUT2D eigenvalue weighted by Crippen LogP contribution is -2.31. The Labute approximate surface area is 186 Å². The minimum Gasteiger partial charge on any atom is -0.507 e. The van der Waals surface area contributed by atoms with Gasteiger partial charge in [0, 0.05) is 36.4 Å². The number of aromatic amines is 1. The molecule has 0 fully saturated rings. The van der Waals surface area contributed by atoms with Crippen molar-refractivity contribution >= 4 is 17.5 Å². The Morgan fingerprint density at radius 1 is 1.26 bits per heavy atom. The van der Waals surface area contributed by atoms with Crippen LogP contribution in [0.5, 0.6) is 5.75 Å². The first-order valence-corrected chi connectivity index (χ1v) is 10.8. The molecule has 0 saturated carbocycles. The van der Waals surface area contributed by atoms with Crippen molar-refractivity contribution in [1.82, 2.24) is 15.1 Å². The third-order valence-corrected chi connectivity index (χ3v) is 6.25. The summed E-state index contributed by atoms with van der Waals surface area (Å²) in [5, 5.41) is 18.5. The maximum atomic E-state index is 13.3. The zero-order valence-electron chi connectivity index (χ0n) is 17.9. The number of phenols is 1. The van der Waals surface area contributed by atoms with Crippen LogP contribution < -0.4 is 0 Å². The van der Waals surface area contributed by atoms with Crippen LogP contribution in [0.3, 0.4) is 0 Å². The Balaban J connectivity index is 1.84. The van der Waals surface area contributed by atoms with E-state index >= 15 is 0 Å². The zero-order valence-corrected chi connectivity index (χ0v) is 18.7. The van der Waals surface area contributed by atoms with Gasteiger partial charge in [0.1, 0.15) is 17.1 Å². The number of halogens is 1. The largest absolute Gasteiger partial charge is 0.507 e. The maximum Gasteiger partial charge on any atom is 0.273 e. The van der Waals surface area contributed by atoms with Crippen molar-refractivity contribution in [1.29, 1.82) is 0 Å². The van der Waals surface area contributed by atoms with Crippen LogP contribution in [0.4, 0.5) is 0 Å². The number of carbonyl (C=O) groups excluding carboxylic acids is 1. The molecular formula is C24H26ClN3O3. The number of benzene rings is 2. The fourth-order valence-electron chi connectivity index (χ4n) is 4.15. The maximum absolute atomic E-state index is 13.3. The Morgan fingerprint density at radius 2 is 2.00 bits per heavy atom. The van der Waals surface area contributed by atoms with Gasteiger partial charge in [-0.3, -0.25) is 9.89 Å². The van der Waals surface area contributed by atoms with Crippen LogP contribution in [-0.4, -0.2) is 46.4 Å². The summed E-state index contributed by atoms with van der Waals surface area (Å²) in [5.74, 6) is -0.0197. The van der Waals surface area contributed by atoms with E-state index in [1.165, 1.54) is 5.56 Å². The Kier molecular flexibility index (Phi) is 6.03. The van der Waals surface area contributed by atoms with Crippen LogP contribution in [0.15, 0.2) is 36.4 Å². The lowest BCUT2D eigenvalue weighted by atomic mass is 9.94. The van der Waals surface area contributed by atoms with Crippen molar-refractivity contribution in [3.63, 3.8) is 0 Å². The van der Waals surface area contributed by atoms with E-state index in [1.807, 2.05) is 11.8 Å². The van der Waals surface area contributed by atoms with Crippen molar-refractivity contribution in [2.75, 3.05) is 20.3 Å². The van der Waals surface area contributed by atoms with Gasteiger partial charge in [-0.2, -0.15) is 5.10 Å². The van der Waals surface area contributed by atoms with E-state index < -0.39 is 0 Å². The van der Waals surface area contributed by atoms with Gasteiger partial charge in [-0.25, -0.2) is 0 Å². The Morgan fingerprint density at radius 3 is 2.68 bits per heavy atom. The molecular weight excluding hydrogens is 414 g/mol. The standard InChI is InChI=1S/C24H26ClN3O3/c1-4-15-6-8-16(9-7-15)23-20-21(17-13-18(25)14(2)12-19(17)29)26-27-22(20)24(30)28(23)10-5-11-31-3/h6-9,12-13,23,29H,4-5,10-11H2,1-3H3,(H,26,27). The molecule has 1 amide bonds.